The minimum atomic E-state index is 0.267. The third-order valence-electron chi connectivity index (χ3n) is 2.00. The molecule has 0 aliphatic rings. The Hall–Kier alpha value is -2.57. The van der Waals surface area contributed by atoms with Gasteiger partial charge in [-0.2, -0.15) is 0 Å². The first-order valence-electron chi connectivity index (χ1n) is 4.86. The predicted octanol–water partition coefficient (Wildman–Crippen LogP) is 2.36. The summed E-state index contributed by atoms with van der Waals surface area (Å²) in [6, 6.07) is 4.81. The quantitative estimate of drug-likeness (QED) is 0.197. The normalized spacial score (nSPS) is 8.47. The van der Waals surface area contributed by atoms with Crippen LogP contribution in [0.5, 0.6) is 0 Å². The second-order valence-corrected chi connectivity index (χ2v) is 3.05. The Labute approximate surface area is 98.1 Å². The van der Waals surface area contributed by atoms with Crippen LogP contribution in [0.15, 0.2) is 23.3 Å². The highest BCUT2D eigenvalue weighted by Gasteiger charge is 2.03. The highest BCUT2D eigenvalue weighted by molar-refractivity contribution is 5.88. The first kappa shape index (κ1) is 12.5. The molecule has 0 N–H and O–H groups in total. The fourth-order valence-electron chi connectivity index (χ4n) is 1.23. The summed E-state index contributed by atoms with van der Waals surface area (Å²) >= 11 is 0. The smallest absolute Gasteiger partial charge is 0.151 e. The Balaban J connectivity index is 2.98. The molecule has 0 atom stereocenters. The minimum Gasteiger partial charge on any atom is -0.298 e. The van der Waals surface area contributed by atoms with Gasteiger partial charge in [0.05, 0.1) is 0 Å². The Morgan fingerprint density at radius 1 is 1.29 bits per heavy atom. The zero-order valence-corrected chi connectivity index (χ0v) is 8.96. The highest BCUT2D eigenvalue weighted by Crippen LogP contribution is 2.10. The summed E-state index contributed by atoms with van der Waals surface area (Å²) in [5.41, 5.74) is 9.24. The molecule has 17 heavy (non-hydrogen) atoms. The molecule has 5 nitrogen and oxygen atoms in total. The molecule has 0 bridgehead atoms. The molecule has 5 heteroatoms. The van der Waals surface area contributed by atoms with Crippen LogP contribution in [0.4, 0.5) is 0 Å². The number of carbonyl (C=O) groups excluding carboxylic acids is 2. The van der Waals surface area contributed by atoms with Crippen LogP contribution in [0.25, 0.3) is 10.4 Å². The lowest BCUT2D eigenvalue weighted by Gasteiger charge is -1.99. The third-order valence-corrected chi connectivity index (χ3v) is 2.00. The largest absolute Gasteiger partial charge is 0.298 e. The number of benzene rings is 1. The van der Waals surface area contributed by atoms with Crippen LogP contribution in [0, 0.1) is 11.8 Å². The molecule has 0 saturated heterocycles. The van der Waals surface area contributed by atoms with Gasteiger partial charge in [0, 0.05) is 34.6 Å². The first-order valence-corrected chi connectivity index (χ1v) is 4.86. The number of carbonyl (C=O) groups is 2. The molecule has 0 heterocycles. The SMILES string of the molecule is [N-]=[N+]=NCCC#Cc1c(C=O)cccc1C=O. The van der Waals surface area contributed by atoms with Gasteiger partial charge in [0.25, 0.3) is 0 Å². The van der Waals surface area contributed by atoms with Crippen LogP contribution < -0.4 is 0 Å². The van der Waals surface area contributed by atoms with E-state index in [0.29, 0.717) is 35.7 Å². The second kappa shape index (κ2) is 6.83. The average molecular weight is 227 g/mol. The van der Waals surface area contributed by atoms with Crippen LogP contribution in [0.2, 0.25) is 0 Å². The van der Waals surface area contributed by atoms with Gasteiger partial charge in [-0.15, -0.1) is 0 Å². The summed E-state index contributed by atoms with van der Waals surface area (Å²) in [4.78, 5) is 24.2. The van der Waals surface area contributed by atoms with Gasteiger partial charge < -0.3 is 0 Å². The number of rotatable bonds is 4. The van der Waals surface area contributed by atoms with Crippen molar-refractivity contribution in [2.24, 2.45) is 5.11 Å². The molecule has 0 aromatic heterocycles. The van der Waals surface area contributed by atoms with E-state index in [4.69, 9.17) is 5.53 Å². The molecule has 0 aliphatic heterocycles. The van der Waals surface area contributed by atoms with E-state index in [-0.39, 0.29) is 6.54 Å². The van der Waals surface area contributed by atoms with Crippen molar-refractivity contribution in [1.82, 2.24) is 0 Å². The summed E-state index contributed by atoms with van der Waals surface area (Å²) < 4.78 is 0. The fourth-order valence-corrected chi connectivity index (χ4v) is 1.23. The van der Waals surface area contributed by atoms with Gasteiger partial charge in [-0.25, -0.2) is 0 Å². The van der Waals surface area contributed by atoms with Crippen LogP contribution in [-0.2, 0) is 0 Å². The summed E-state index contributed by atoms with van der Waals surface area (Å²) in [5.74, 6) is 5.50. The van der Waals surface area contributed by atoms with Gasteiger partial charge in [-0.05, 0) is 5.53 Å². The molecule has 84 valence electrons. The van der Waals surface area contributed by atoms with Crippen molar-refractivity contribution in [1.29, 1.82) is 0 Å². The van der Waals surface area contributed by atoms with Gasteiger partial charge in [-0.3, -0.25) is 9.59 Å². The zero-order chi connectivity index (χ0) is 12.5. The van der Waals surface area contributed by atoms with Gasteiger partial charge >= 0.3 is 0 Å². The molecule has 1 aromatic rings. The summed E-state index contributed by atoms with van der Waals surface area (Å²) in [6.07, 6.45) is 1.70. The number of nitrogens with zero attached hydrogens (tertiary/aromatic N) is 3. The van der Waals surface area contributed by atoms with E-state index in [1.165, 1.54) is 0 Å². The van der Waals surface area contributed by atoms with Crippen LogP contribution in [-0.4, -0.2) is 19.1 Å². The van der Waals surface area contributed by atoms with E-state index in [0.717, 1.165) is 0 Å². The van der Waals surface area contributed by atoms with E-state index in [1.54, 1.807) is 18.2 Å². The zero-order valence-electron chi connectivity index (χ0n) is 8.96. The van der Waals surface area contributed by atoms with E-state index < -0.39 is 0 Å². The van der Waals surface area contributed by atoms with Gasteiger partial charge in [0.1, 0.15) is 0 Å². The first-order chi connectivity index (χ1) is 8.33. The van der Waals surface area contributed by atoms with Crippen molar-refractivity contribution in [3.05, 3.63) is 45.3 Å². The highest BCUT2D eigenvalue weighted by atomic mass is 16.1. The number of azide groups is 1. The average Bonchev–Trinajstić information content (AvgIpc) is 2.38. The topological polar surface area (TPSA) is 82.9 Å². The van der Waals surface area contributed by atoms with Crippen molar-refractivity contribution in [2.75, 3.05) is 6.54 Å². The molecule has 0 unspecified atom stereocenters. The van der Waals surface area contributed by atoms with E-state index in [9.17, 15) is 9.59 Å². The molecule has 1 aromatic carbocycles. The van der Waals surface area contributed by atoms with Crippen molar-refractivity contribution in [2.45, 2.75) is 6.42 Å². The van der Waals surface area contributed by atoms with Crippen molar-refractivity contribution < 1.29 is 9.59 Å². The monoisotopic (exact) mass is 227 g/mol. The molecule has 0 saturated carbocycles. The molecular formula is C12H9N3O2. The van der Waals surface area contributed by atoms with Crippen molar-refractivity contribution in [3.63, 3.8) is 0 Å². The van der Waals surface area contributed by atoms with E-state index >= 15 is 0 Å². The van der Waals surface area contributed by atoms with Gasteiger partial charge in [0.2, 0.25) is 0 Å². The standard InChI is InChI=1S/C12H9N3O2/c13-15-14-7-2-1-6-12-10(8-16)4-3-5-11(12)9-17/h3-5,8-9H,2,7H2. The Bertz CT molecular complexity index is 508. The molecule has 0 spiro atoms. The maximum absolute atomic E-state index is 10.8. The maximum Gasteiger partial charge on any atom is 0.151 e. The lowest BCUT2D eigenvalue weighted by Crippen LogP contribution is -1.94. The van der Waals surface area contributed by atoms with Crippen LogP contribution in [0.1, 0.15) is 32.7 Å². The lowest BCUT2D eigenvalue weighted by molar-refractivity contribution is 0.112. The summed E-state index contributed by atoms with van der Waals surface area (Å²) in [7, 11) is 0. The third kappa shape index (κ3) is 3.49. The molecule has 0 radical (unpaired) electrons. The van der Waals surface area contributed by atoms with E-state index in [1.807, 2.05) is 0 Å². The fraction of sp³-hybridized carbons (Fsp3) is 0.167. The van der Waals surface area contributed by atoms with Crippen LogP contribution >= 0.6 is 0 Å². The minimum absolute atomic E-state index is 0.267. The number of hydrogen-bond donors (Lipinski definition) is 0. The second-order valence-electron chi connectivity index (χ2n) is 3.05. The Morgan fingerprint density at radius 2 is 1.94 bits per heavy atom. The summed E-state index contributed by atoms with van der Waals surface area (Å²) in [6.45, 7) is 0.267. The van der Waals surface area contributed by atoms with Crippen molar-refractivity contribution in [3.8, 4) is 11.8 Å². The molecule has 0 amide bonds. The molecule has 0 fully saturated rings. The van der Waals surface area contributed by atoms with Gasteiger partial charge in [-0.1, -0.05) is 35.2 Å². The molecular weight excluding hydrogens is 218 g/mol. The molecule has 0 aliphatic carbocycles. The van der Waals surface area contributed by atoms with Crippen molar-refractivity contribution >= 4 is 12.6 Å². The number of hydrogen-bond acceptors (Lipinski definition) is 3. The summed E-state index contributed by atoms with van der Waals surface area (Å²) in [5, 5.41) is 3.33. The molecule has 1 rings (SSSR count). The maximum atomic E-state index is 10.8. The van der Waals surface area contributed by atoms with Gasteiger partial charge in [0.15, 0.2) is 12.6 Å². The van der Waals surface area contributed by atoms with Crippen LogP contribution in [0.3, 0.4) is 0 Å². The lowest BCUT2D eigenvalue weighted by atomic mass is 10.0. The number of aldehydes is 2. The predicted molar refractivity (Wildman–Crippen MR) is 62.7 cm³/mol. The Morgan fingerprint density at radius 3 is 2.47 bits per heavy atom. The Kier molecular flexibility index (Phi) is 5.02. The van der Waals surface area contributed by atoms with E-state index in [2.05, 4.69) is 21.9 Å².